The van der Waals surface area contributed by atoms with Crippen molar-refractivity contribution in [3.05, 3.63) is 41.5 Å². The monoisotopic (exact) mass is 358 g/mol. The molecular weight excluding hydrogens is 336 g/mol. The zero-order valence-corrected chi connectivity index (χ0v) is 15.1. The maximum atomic E-state index is 12.9. The van der Waals surface area contributed by atoms with E-state index in [0.29, 0.717) is 49.1 Å². The molecule has 8 nitrogen and oxygen atoms in total. The van der Waals surface area contributed by atoms with Crippen molar-refractivity contribution in [1.82, 2.24) is 19.9 Å². The Morgan fingerprint density at radius 1 is 1.27 bits per heavy atom. The SMILES string of the molecule is COc1cccc(C(=O)N2CCC(c3nc(C)no3)N(C(C)=O)CC2)c1. The summed E-state index contributed by atoms with van der Waals surface area (Å²) < 4.78 is 10.5. The second kappa shape index (κ2) is 7.55. The maximum absolute atomic E-state index is 12.9. The van der Waals surface area contributed by atoms with E-state index in [1.165, 1.54) is 6.92 Å². The number of benzene rings is 1. The van der Waals surface area contributed by atoms with Crippen LogP contribution in [0.4, 0.5) is 0 Å². The summed E-state index contributed by atoms with van der Waals surface area (Å²) in [6, 6.07) is 6.74. The molecule has 2 heterocycles. The molecular formula is C18H22N4O4. The van der Waals surface area contributed by atoms with Crippen molar-refractivity contribution in [2.24, 2.45) is 0 Å². The van der Waals surface area contributed by atoms with E-state index in [1.54, 1.807) is 48.1 Å². The average molecular weight is 358 g/mol. The van der Waals surface area contributed by atoms with Crippen LogP contribution in [0.15, 0.2) is 28.8 Å². The van der Waals surface area contributed by atoms with E-state index in [2.05, 4.69) is 10.1 Å². The first-order chi connectivity index (χ1) is 12.5. The molecule has 1 aromatic heterocycles. The van der Waals surface area contributed by atoms with Crippen molar-refractivity contribution in [3.63, 3.8) is 0 Å². The van der Waals surface area contributed by atoms with Gasteiger partial charge in [-0.05, 0) is 31.5 Å². The summed E-state index contributed by atoms with van der Waals surface area (Å²) in [5.41, 5.74) is 0.561. The van der Waals surface area contributed by atoms with Gasteiger partial charge in [0.1, 0.15) is 11.8 Å². The zero-order valence-electron chi connectivity index (χ0n) is 15.1. The number of carbonyl (C=O) groups is 2. The molecule has 8 heteroatoms. The molecule has 1 atom stereocenters. The van der Waals surface area contributed by atoms with Crippen LogP contribution < -0.4 is 4.74 Å². The van der Waals surface area contributed by atoms with Crippen LogP contribution in [0.1, 0.15) is 41.5 Å². The number of hydrogen-bond acceptors (Lipinski definition) is 6. The van der Waals surface area contributed by atoms with E-state index >= 15 is 0 Å². The van der Waals surface area contributed by atoms with Crippen LogP contribution in [0.5, 0.6) is 5.75 Å². The molecule has 1 unspecified atom stereocenters. The predicted octanol–water partition coefficient (Wildman–Crippen LogP) is 1.82. The van der Waals surface area contributed by atoms with Crippen molar-refractivity contribution in [2.75, 3.05) is 26.7 Å². The summed E-state index contributed by atoms with van der Waals surface area (Å²) >= 11 is 0. The average Bonchev–Trinajstić information content (AvgIpc) is 2.94. The fourth-order valence-electron chi connectivity index (χ4n) is 3.15. The number of hydrogen-bond donors (Lipinski definition) is 0. The maximum Gasteiger partial charge on any atom is 0.254 e. The molecule has 1 aliphatic rings. The summed E-state index contributed by atoms with van der Waals surface area (Å²) in [6.45, 7) is 4.60. The Bertz CT molecular complexity index is 804. The molecule has 1 saturated heterocycles. The molecule has 0 bridgehead atoms. The van der Waals surface area contributed by atoms with Gasteiger partial charge in [-0.2, -0.15) is 4.98 Å². The van der Waals surface area contributed by atoms with Gasteiger partial charge >= 0.3 is 0 Å². The van der Waals surface area contributed by atoms with Gasteiger partial charge in [0.25, 0.3) is 5.91 Å². The molecule has 26 heavy (non-hydrogen) atoms. The molecule has 0 aliphatic carbocycles. The Balaban J connectivity index is 1.80. The van der Waals surface area contributed by atoms with Crippen molar-refractivity contribution in [2.45, 2.75) is 26.3 Å². The van der Waals surface area contributed by atoms with Crippen LogP contribution in [0.3, 0.4) is 0 Å². The standard InChI is InChI=1S/C18H22N4O4/c1-12-19-17(26-20-12)16-7-8-21(9-10-22(16)13(2)23)18(24)14-5-4-6-15(11-14)25-3/h4-6,11,16H,7-10H2,1-3H3. The smallest absolute Gasteiger partial charge is 0.254 e. The third-order valence-electron chi connectivity index (χ3n) is 4.50. The summed E-state index contributed by atoms with van der Waals surface area (Å²) in [5, 5.41) is 3.82. The quantitative estimate of drug-likeness (QED) is 0.832. The first-order valence-corrected chi connectivity index (χ1v) is 8.50. The number of nitrogens with zero attached hydrogens (tertiary/aromatic N) is 4. The lowest BCUT2D eigenvalue weighted by Crippen LogP contribution is -2.37. The summed E-state index contributed by atoms with van der Waals surface area (Å²) in [5.74, 6) is 1.40. The third kappa shape index (κ3) is 3.68. The normalized spacial score (nSPS) is 17.7. The Morgan fingerprint density at radius 2 is 2.08 bits per heavy atom. The van der Waals surface area contributed by atoms with Crippen LogP contribution in [0, 0.1) is 6.92 Å². The Hall–Kier alpha value is -2.90. The molecule has 1 fully saturated rings. The van der Waals surface area contributed by atoms with Gasteiger partial charge in [0.05, 0.1) is 7.11 Å². The molecule has 2 amide bonds. The molecule has 1 aliphatic heterocycles. The Labute approximate surface area is 151 Å². The van der Waals surface area contributed by atoms with Crippen LogP contribution in [0.25, 0.3) is 0 Å². The van der Waals surface area contributed by atoms with E-state index in [-0.39, 0.29) is 17.9 Å². The van der Waals surface area contributed by atoms with Crippen LogP contribution in [0.2, 0.25) is 0 Å². The molecule has 0 radical (unpaired) electrons. The Kier molecular flexibility index (Phi) is 5.20. The van der Waals surface area contributed by atoms with Crippen molar-refractivity contribution in [1.29, 1.82) is 0 Å². The first kappa shape index (κ1) is 17.9. The molecule has 3 rings (SSSR count). The molecule has 1 aromatic carbocycles. The minimum Gasteiger partial charge on any atom is -0.497 e. The highest BCUT2D eigenvalue weighted by atomic mass is 16.5. The fourth-order valence-corrected chi connectivity index (χ4v) is 3.15. The highest BCUT2D eigenvalue weighted by molar-refractivity contribution is 5.94. The lowest BCUT2D eigenvalue weighted by molar-refractivity contribution is -0.131. The number of rotatable bonds is 3. The topological polar surface area (TPSA) is 88.8 Å². The fraction of sp³-hybridized carbons (Fsp3) is 0.444. The van der Waals surface area contributed by atoms with E-state index in [4.69, 9.17) is 9.26 Å². The van der Waals surface area contributed by atoms with Gasteiger partial charge in [-0.3, -0.25) is 9.59 Å². The summed E-state index contributed by atoms with van der Waals surface area (Å²) in [6.07, 6.45) is 0.539. The Morgan fingerprint density at radius 3 is 2.73 bits per heavy atom. The predicted molar refractivity (Wildman–Crippen MR) is 92.7 cm³/mol. The molecule has 138 valence electrons. The highest BCUT2D eigenvalue weighted by Crippen LogP contribution is 2.26. The van der Waals surface area contributed by atoms with E-state index in [1.807, 2.05) is 0 Å². The second-order valence-electron chi connectivity index (χ2n) is 6.22. The van der Waals surface area contributed by atoms with Gasteiger partial charge in [-0.25, -0.2) is 0 Å². The van der Waals surface area contributed by atoms with Gasteiger partial charge in [-0.15, -0.1) is 0 Å². The van der Waals surface area contributed by atoms with Gasteiger partial charge < -0.3 is 19.1 Å². The molecule has 0 N–H and O–H groups in total. The van der Waals surface area contributed by atoms with E-state index < -0.39 is 0 Å². The van der Waals surface area contributed by atoms with Crippen LogP contribution in [-0.2, 0) is 4.79 Å². The highest BCUT2D eigenvalue weighted by Gasteiger charge is 2.32. The van der Waals surface area contributed by atoms with Gasteiger partial charge in [0.15, 0.2) is 5.82 Å². The first-order valence-electron chi connectivity index (χ1n) is 8.50. The number of aromatic nitrogens is 2. The number of amides is 2. The van der Waals surface area contributed by atoms with Gasteiger partial charge in [-0.1, -0.05) is 11.2 Å². The summed E-state index contributed by atoms with van der Waals surface area (Å²) in [7, 11) is 1.57. The van der Waals surface area contributed by atoms with Crippen molar-refractivity contribution >= 4 is 11.8 Å². The number of methoxy groups -OCH3 is 1. The minimum absolute atomic E-state index is 0.0819. The number of aryl methyl sites for hydroxylation is 1. The van der Waals surface area contributed by atoms with Crippen molar-refractivity contribution < 1.29 is 18.8 Å². The van der Waals surface area contributed by atoms with Crippen LogP contribution in [-0.4, -0.2) is 58.5 Å². The van der Waals surface area contributed by atoms with Gasteiger partial charge in [0.2, 0.25) is 11.8 Å². The molecule has 2 aromatic rings. The van der Waals surface area contributed by atoms with E-state index in [0.717, 1.165) is 0 Å². The second-order valence-corrected chi connectivity index (χ2v) is 6.22. The minimum atomic E-state index is -0.322. The molecule has 0 spiro atoms. The molecule has 0 saturated carbocycles. The van der Waals surface area contributed by atoms with Crippen LogP contribution >= 0.6 is 0 Å². The van der Waals surface area contributed by atoms with Gasteiger partial charge in [0, 0.05) is 32.1 Å². The lowest BCUT2D eigenvalue weighted by atomic mass is 10.1. The lowest BCUT2D eigenvalue weighted by Gasteiger charge is -2.25. The van der Waals surface area contributed by atoms with Crippen molar-refractivity contribution in [3.8, 4) is 5.75 Å². The zero-order chi connectivity index (χ0) is 18.7. The number of ether oxygens (including phenoxy) is 1. The largest absolute Gasteiger partial charge is 0.497 e. The van der Waals surface area contributed by atoms with E-state index in [9.17, 15) is 9.59 Å². The number of carbonyl (C=O) groups excluding carboxylic acids is 2. The third-order valence-corrected chi connectivity index (χ3v) is 4.50. The summed E-state index contributed by atoms with van der Waals surface area (Å²) in [4.78, 5) is 32.6.